The van der Waals surface area contributed by atoms with Gasteiger partial charge in [0.25, 0.3) is 0 Å². The summed E-state index contributed by atoms with van der Waals surface area (Å²) < 4.78 is 0. The lowest BCUT2D eigenvalue weighted by Crippen LogP contribution is -2.18. The van der Waals surface area contributed by atoms with Crippen LogP contribution in [-0.4, -0.2) is 23.7 Å². The molecule has 1 atom stereocenters. The van der Waals surface area contributed by atoms with Gasteiger partial charge >= 0.3 is 0 Å². The van der Waals surface area contributed by atoms with Gasteiger partial charge in [0.2, 0.25) is 0 Å². The average molecular weight is 190 g/mol. The molecule has 74 valence electrons. The Morgan fingerprint density at radius 2 is 2.36 bits per heavy atom. The van der Waals surface area contributed by atoms with Gasteiger partial charge < -0.3 is 10.0 Å². The summed E-state index contributed by atoms with van der Waals surface area (Å²) in [5.41, 5.74) is 0.808. The van der Waals surface area contributed by atoms with Crippen LogP contribution in [0.15, 0.2) is 18.3 Å². The van der Waals surface area contributed by atoms with E-state index < -0.39 is 6.10 Å². The Hall–Kier alpha value is -1.53. The molecule has 0 unspecified atom stereocenters. The van der Waals surface area contributed by atoms with Gasteiger partial charge in [-0.25, -0.2) is 4.98 Å². The van der Waals surface area contributed by atoms with Crippen molar-refractivity contribution in [2.24, 2.45) is 0 Å². The first-order chi connectivity index (χ1) is 6.65. The van der Waals surface area contributed by atoms with Gasteiger partial charge in [0.15, 0.2) is 0 Å². The molecule has 1 aromatic rings. The third-order valence-electron chi connectivity index (χ3n) is 1.97. The number of rotatable bonds is 3. The Bertz CT molecular complexity index is 324. The van der Waals surface area contributed by atoms with Gasteiger partial charge in [0, 0.05) is 13.2 Å². The van der Waals surface area contributed by atoms with Crippen molar-refractivity contribution in [3.8, 4) is 12.3 Å². The summed E-state index contributed by atoms with van der Waals surface area (Å²) in [6, 6.07) is 3.69. The first-order valence-corrected chi connectivity index (χ1v) is 4.43. The first-order valence-electron chi connectivity index (χ1n) is 4.43. The topological polar surface area (TPSA) is 36.4 Å². The zero-order valence-electron chi connectivity index (χ0n) is 8.44. The van der Waals surface area contributed by atoms with Gasteiger partial charge in [-0.2, -0.15) is 0 Å². The second-order valence-corrected chi connectivity index (χ2v) is 3.19. The van der Waals surface area contributed by atoms with E-state index >= 15 is 0 Å². The van der Waals surface area contributed by atoms with Crippen molar-refractivity contribution in [1.82, 2.24) is 4.98 Å². The fourth-order valence-electron chi connectivity index (χ4n) is 1.09. The summed E-state index contributed by atoms with van der Waals surface area (Å²) in [5.74, 6) is 3.35. The number of aromatic nitrogens is 1. The Balaban J connectivity index is 2.78. The normalized spacial score (nSPS) is 11.9. The van der Waals surface area contributed by atoms with Crippen molar-refractivity contribution in [3.63, 3.8) is 0 Å². The third-order valence-corrected chi connectivity index (χ3v) is 1.97. The highest BCUT2D eigenvalue weighted by atomic mass is 16.3. The maximum absolute atomic E-state index is 9.27. The lowest BCUT2D eigenvalue weighted by atomic mass is 10.2. The van der Waals surface area contributed by atoms with Gasteiger partial charge in [0.05, 0.1) is 12.6 Å². The number of hydrogen-bond donors (Lipinski definition) is 1. The molecule has 0 aliphatic rings. The molecule has 1 N–H and O–H groups in total. The van der Waals surface area contributed by atoms with Gasteiger partial charge in [-0.15, -0.1) is 6.42 Å². The SMILES string of the molecule is C#CCN(C)c1ccc([C@@H](C)O)cn1. The van der Waals surface area contributed by atoms with Gasteiger partial charge in [-0.05, 0) is 18.6 Å². The van der Waals surface area contributed by atoms with Gasteiger partial charge in [-0.1, -0.05) is 12.0 Å². The molecular formula is C11H14N2O. The molecule has 1 rings (SSSR count). The van der Waals surface area contributed by atoms with E-state index in [1.54, 1.807) is 13.1 Å². The summed E-state index contributed by atoms with van der Waals surface area (Å²) in [4.78, 5) is 6.06. The van der Waals surface area contributed by atoms with E-state index in [0.717, 1.165) is 11.4 Å². The molecule has 0 aliphatic heterocycles. The molecular weight excluding hydrogens is 176 g/mol. The molecule has 0 saturated carbocycles. The molecule has 0 fully saturated rings. The van der Waals surface area contributed by atoms with E-state index in [1.807, 2.05) is 24.1 Å². The molecule has 1 heterocycles. The Kier molecular flexibility index (Phi) is 3.49. The summed E-state index contributed by atoms with van der Waals surface area (Å²) >= 11 is 0. The molecule has 0 amide bonds. The fourth-order valence-corrected chi connectivity index (χ4v) is 1.09. The smallest absolute Gasteiger partial charge is 0.129 e. The van der Waals surface area contributed by atoms with E-state index in [4.69, 9.17) is 6.42 Å². The Morgan fingerprint density at radius 1 is 1.64 bits per heavy atom. The van der Waals surface area contributed by atoms with Crippen LogP contribution in [-0.2, 0) is 0 Å². The van der Waals surface area contributed by atoms with E-state index in [0.29, 0.717) is 6.54 Å². The van der Waals surface area contributed by atoms with Crippen molar-refractivity contribution in [1.29, 1.82) is 0 Å². The van der Waals surface area contributed by atoms with Crippen molar-refractivity contribution in [2.45, 2.75) is 13.0 Å². The number of aliphatic hydroxyl groups is 1. The molecule has 0 radical (unpaired) electrons. The summed E-state index contributed by atoms with van der Waals surface area (Å²) in [5, 5.41) is 9.27. The Morgan fingerprint density at radius 3 is 2.79 bits per heavy atom. The van der Waals surface area contributed by atoms with Crippen LogP contribution in [0.1, 0.15) is 18.6 Å². The molecule has 0 saturated heterocycles. The molecule has 1 aromatic heterocycles. The average Bonchev–Trinajstić information content (AvgIpc) is 2.18. The minimum Gasteiger partial charge on any atom is -0.389 e. The maximum Gasteiger partial charge on any atom is 0.129 e. The quantitative estimate of drug-likeness (QED) is 0.728. The molecule has 0 aliphatic carbocycles. The zero-order valence-corrected chi connectivity index (χ0v) is 8.44. The van der Waals surface area contributed by atoms with E-state index in [2.05, 4.69) is 10.9 Å². The standard InChI is InChI=1S/C11H14N2O/c1-4-7-13(3)11-6-5-10(8-12-11)9(2)14/h1,5-6,8-9,14H,7H2,2-3H3/t9-/m1/s1. The number of terminal acetylenes is 1. The molecule has 14 heavy (non-hydrogen) atoms. The zero-order chi connectivity index (χ0) is 10.6. The lowest BCUT2D eigenvalue weighted by Gasteiger charge is -2.15. The molecule has 3 heteroatoms. The van der Waals surface area contributed by atoms with Crippen LogP contribution in [0.5, 0.6) is 0 Å². The fraction of sp³-hybridized carbons (Fsp3) is 0.364. The van der Waals surface area contributed by atoms with Crippen LogP contribution in [0.25, 0.3) is 0 Å². The number of nitrogens with zero attached hydrogens (tertiary/aromatic N) is 2. The van der Waals surface area contributed by atoms with Crippen LogP contribution in [0.3, 0.4) is 0 Å². The number of hydrogen-bond acceptors (Lipinski definition) is 3. The molecule has 3 nitrogen and oxygen atoms in total. The monoisotopic (exact) mass is 190 g/mol. The lowest BCUT2D eigenvalue weighted by molar-refractivity contribution is 0.199. The Labute approximate surface area is 84.4 Å². The highest BCUT2D eigenvalue weighted by Gasteiger charge is 2.03. The summed E-state index contributed by atoms with van der Waals surface area (Å²) in [7, 11) is 1.88. The van der Waals surface area contributed by atoms with Crippen LogP contribution >= 0.6 is 0 Å². The van der Waals surface area contributed by atoms with Crippen molar-refractivity contribution < 1.29 is 5.11 Å². The van der Waals surface area contributed by atoms with Crippen LogP contribution in [0.2, 0.25) is 0 Å². The predicted octanol–water partition coefficient (Wildman–Crippen LogP) is 1.20. The summed E-state index contributed by atoms with van der Waals surface area (Å²) in [6.07, 6.45) is 6.37. The highest BCUT2D eigenvalue weighted by molar-refractivity contribution is 5.39. The first kappa shape index (κ1) is 10.6. The van der Waals surface area contributed by atoms with Gasteiger partial charge in [0.1, 0.15) is 5.82 Å². The largest absolute Gasteiger partial charge is 0.389 e. The maximum atomic E-state index is 9.27. The minimum atomic E-state index is -0.477. The van der Waals surface area contributed by atoms with E-state index in [1.165, 1.54) is 0 Å². The van der Waals surface area contributed by atoms with Gasteiger partial charge in [-0.3, -0.25) is 0 Å². The van der Waals surface area contributed by atoms with Crippen molar-refractivity contribution in [3.05, 3.63) is 23.9 Å². The van der Waals surface area contributed by atoms with E-state index in [9.17, 15) is 5.11 Å². The van der Waals surface area contributed by atoms with Crippen LogP contribution < -0.4 is 4.90 Å². The van der Waals surface area contributed by atoms with Crippen molar-refractivity contribution >= 4 is 5.82 Å². The summed E-state index contributed by atoms with van der Waals surface area (Å²) in [6.45, 7) is 2.24. The molecule has 0 bridgehead atoms. The van der Waals surface area contributed by atoms with Crippen molar-refractivity contribution in [2.75, 3.05) is 18.5 Å². The van der Waals surface area contributed by atoms with Crippen LogP contribution in [0.4, 0.5) is 5.82 Å². The second-order valence-electron chi connectivity index (χ2n) is 3.19. The third kappa shape index (κ3) is 2.48. The highest BCUT2D eigenvalue weighted by Crippen LogP contribution is 2.14. The molecule has 0 aromatic carbocycles. The second kappa shape index (κ2) is 4.64. The minimum absolute atomic E-state index is 0.477. The number of pyridine rings is 1. The number of anilines is 1. The van der Waals surface area contributed by atoms with E-state index in [-0.39, 0.29) is 0 Å². The number of aliphatic hydroxyl groups excluding tert-OH is 1. The molecule has 0 spiro atoms. The predicted molar refractivity (Wildman–Crippen MR) is 57.0 cm³/mol. The van der Waals surface area contributed by atoms with Crippen LogP contribution in [0, 0.1) is 12.3 Å².